The molecule has 1 aromatic carbocycles. The van der Waals surface area contributed by atoms with Gasteiger partial charge in [0, 0.05) is 0 Å². The molecular weight excluding hydrogens is 333 g/mol. The van der Waals surface area contributed by atoms with Crippen LogP contribution in [0, 0.1) is 5.92 Å². The largest absolute Gasteiger partial charge is 0.466 e. The number of benzene rings is 1. The van der Waals surface area contributed by atoms with E-state index in [1.165, 1.54) is 0 Å². The molecule has 2 atom stereocenters. The predicted molar refractivity (Wildman–Crippen MR) is 88.7 cm³/mol. The summed E-state index contributed by atoms with van der Waals surface area (Å²) in [5.74, 6) is -0.117. The molecule has 1 saturated heterocycles. The lowest BCUT2D eigenvalue weighted by atomic mass is 9.82. The lowest BCUT2D eigenvalue weighted by Crippen LogP contribution is -2.25. The van der Waals surface area contributed by atoms with Gasteiger partial charge in [0.15, 0.2) is 0 Å². The molecule has 118 valence electrons. The van der Waals surface area contributed by atoms with Crippen LogP contribution < -0.4 is 5.32 Å². The van der Waals surface area contributed by atoms with E-state index in [4.69, 9.17) is 27.9 Å². The lowest BCUT2D eigenvalue weighted by molar-refractivity contribution is -0.149. The third-order valence-electron chi connectivity index (χ3n) is 3.71. The first-order valence-corrected chi connectivity index (χ1v) is 7.71. The minimum atomic E-state index is -0.123. The van der Waals surface area contributed by atoms with Crippen molar-refractivity contribution < 1.29 is 9.53 Å². The highest BCUT2D eigenvalue weighted by Gasteiger charge is 2.32. The molecule has 0 aromatic heterocycles. The van der Waals surface area contributed by atoms with Gasteiger partial charge in [-0.2, -0.15) is 0 Å². The zero-order chi connectivity index (χ0) is 14.5. The Bertz CT molecular complexity index is 482. The van der Waals surface area contributed by atoms with Crippen LogP contribution in [0.15, 0.2) is 18.2 Å². The van der Waals surface area contributed by atoms with Crippen LogP contribution in [0.3, 0.4) is 0 Å². The molecule has 0 radical (unpaired) electrons. The first kappa shape index (κ1) is 18.6. The van der Waals surface area contributed by atoms with Gasteiger partial charge in [-0.05, 0) is 56.5 Å². The highest BCUT2D eigenvalue weighted by atomic mass is 35.5. The Hall–Kier alpha value is -0.480. The Morgan fingerprint density at radius 1 is 1.29 bits per heavy atom. The van der Waals surface area contributed by atoms with Crippen LogP contribution in [-0.4, -0.2) is 25.7 Å². The maximum Gasteiger partial charge on any atom is 0.309 e. The van der Waals surface area contributed by atoms with E-state index in [1.54, 1.807) is 6.07 Å². The van der Waals surface area contributed by atoms with Crippen molar-refractivity contribution in [2.75, 3.05) is 19.7 Å². The topological polar surface area (TPSA) is 38.3 Å². The van der Waals surface area contributed by atoms with E-state index in [2.05, 4.69) is 5.32 Å². The summed E-state index contributed by atoms with van der Waals surface area (Å²) in [6.07, 6.45) is 1.67. The van der Waals surface area contributed by atoms with Gasteiger partial charge in [-0.15, -0.1) is 12.4 Å². The van der Waals surface area contributed by atoms with E-state index in [-0.39, 0.29) is 30.2 Å². The molecular formula is C15H20Cl3NO2. The van der Waals surface area contributed by atoms with E-state index in [0.29, 0.717) is 16.7 Å². The summed E-state index contributed by atoms with van der Waals surface area (Å²) in [6, 6.07) is 5.61. The van der Waals surface area contributed by atoms with Crippen molar-refractivity contribution in [2.24, 2.45) is 5.92 Å². The molecule has 1 aliphatic rings. The number of hydrogen-bond donors (Lipinski definition) is 1. The molecule has 1 aliphatic heterocycles. The van der Waals surface area contributed by atoms with Gasteiger partial charge in [0.2, 0.25) is 0 Å². The first-order valence-electron chi connectivity index (χ1n) is 6.95. The van der Waals surface area contributed by atoms with Gasteiger partial charge in [-0.3, -0.25) is 4.79 Å². The van der Waals surface area contributed by atoms with Gasteiger partial charge in [0.1, 0.15) is 0 Å². The van der Waals surface area contributed by atoms with Gasteiger partial charge in [0.05, 0.1) is 22.6 Å². The average Bonchev–Trinajstić information content (AvgIpc) is 2.68. The number of carbonyl (C=O) groups excluding carboxylic acids is 1. The van der Waals surface area contributed by atoms with Crippen LogP contribution in [0.5, 0.6) is 0 Å². The quantitative estimate of drug-likeness (QED) is 0.834. The Morgan fingerprint density at radius 3 is 2.67 bits per heavy atom. The molecule has 0 saturated carbocycles. The summed E-state index contributed by atoms with van der Waals surface area (Å²) >= 11 is 12.1. The minimum absolute atomic E-state index is 0. The van der Waals surface area contributed by atoms with Crippen LogP contribution in [0.25, 0.3) is 0 Å². The molecule has 2 unspecified atom stereocenters. The summed E-state index contributed by atoms with van der Waals surface area (Å²) in [5.41, 5.74) is 1.06. The average molecular weight is 353 g/mol. The Balaban J connectivity index is 0.00000220. The SMILES string of the molecule is CCOC(=O)C1CCNCCC1c1ccc(Cl)c(Cl)c1.Cl. The Kier molecular flexibility index (Phi) is 7.82. The minimum Gasteiger partial charge on any atom is -0.466 e. The van der Waals surface area contributed by atoms with Gasteiger partial charge in [-0.1, -0.05) is 29.3 Å². The van der Waals surface area contributed by atoms with Gasteiger partial charge >= 0.3 is 5.97 Å². The van der Waals surface area contributed by atoms with Crippen LogP contribution in [0.4, 0.5) is 0 Å². The third kappa shape index (κ3) is 4.75. The number of hydrogen-bond acceptors (Lipinski definition) is 3. The van der Waals surface area contributed by atoms with Crippen molar-refractivity contribution in [2.45, 2.75) is 25.7 Å². The van der Waals surface area contributed by atoms with Crippen LogP contribution >= 0.6 is 35.6 Å². The summed E-state index contributed by atoms with van der Waals surface area (Å²) in [4.78, 5) is 12.2. The fourth-order valence-electron chi connectivity index (χ4n) is 2.72. The van der Waals surface area contributed by atoms with E-state index in [9.17, 15) is 4.79 Å². The lowest BCUT2D eigenvalue weighted by Gasteiger charge is -2.23. The normalized spacial score (nSPS) is 22.0. The third-order valence-corrected chi connectivity index (χ3v) is 4.45. The molecule has 0 bridgehead atoms. The van der Waals surface area contributed by atoms with Crippen molar-refractivity contribution in [1.29, 1.82) is 0 Å². The van der Waals surface area contributed by atoms with E-state index >= 15 is 0 Å². The van der Waals surface area contributed by atoms with Crippen molar-refractivity contribution in [3.8, 4) is 0 Å². The van der Waals surface area contributed by atoms with E-state index < -0.39 is 0 Å². The number of halogens is 3. The van der Waals surface area contributed by atoms with Crippen LogP contribution in [-0.2, 0) is 9.53 Å². The zero-order valence-electron chi connectivity index (χ0n) is 11.9. The molecule has 6 heteroatoms. The standard InChI is InChI=1S/C15H19Cl2NO2.ClH/c1-2-20-15(19)12-6-8-18-7-5-11(12)10-3-4-13(16)14(17)9-10;/h3-4,9,11-12,18H,2,5-8H2,1H3;1H. The molecule has 21 heavy (non-hydrogen) atoms. The number of carbonyl (C=O) groups is 1. The second kappa shape index (κ2) is 8.84. The monoisotopic (exact) mass is 351 g/mol. The number of esters is 1. The van der Waals surface area contributed by atoms with Crippen molar-refractivity contribution in [3.63, 3.8) is 0 Å². The first-order chi connectivity index (χ1) is 9.63. The summed E-state index contributed by atoms with van der Waals surface area (Å²) in [5, 5.41) is 4.40. The van der Waals surface area contributed by atoms with E-state index in [1.807, 2.05) is 19.1 Å². The molecule has 0 spiro atoms. The predicted octanol–water partition coefficient (Wildman–Crippen LogP) is 4.06. The Labute approximate surface area is 141 Å². The fourth-order valence-corrected chi connectivity index (χ4v) is 3.02. The summed E-state index contributed by atoms with van der Waals surface area (Å²) in [7, 11) is 0. The van der Waals surface area contributed by atoms with Crippen molar-refractivity contribution in [3.05, 3.63) is 33.8 Å². The molecule has 0 amide bonds. The summed E-state index contributed by atoms with van der Waals surface area (Å²) < 4.78 is 5.22. The second-order valence-electron chi connectivity index (χ2n) is 4.97. The maximum atomic E-state index is 12.2. The maximum absolute atomic E-state index is 12.2. The number of ether oxygens (including phenoxy) is 1. The highest BCUT2D eigenvalue weighted by Crippen LogP contribution is 2.35. The number of nitrogens with one attached hydrogen (secondary N) is 1. The van der Waals surface area contributed by atoms with Gasteiger partial charge < -0.3 is 10.1 Å². The smallest absolute Gasteiger partial charge is 0.309 e. The molecule has 1 N–H and O–H groups in total. The fraction of sp³-hybridized carbons (Fsp3) is 0.533. The number of rotatable bonds is 3. The van der Waals surface area contributed by atoms with Crippen molar-refractivity contribution >= 4 is 41.6 Å². The second-order valence-corrected chi connectivity index (χ2v) is 5.78. The molecule has 0 aliphatic carbocycles. The van der Waals surface area contributed by atoms with Crippen molar-refractivity contribution in [1.82, 2.24) is 5.32 Å². The Morgan fingerprint density at radius 2 is 2.00 bits per heavy atom. The van der Waals surface area contributed by atoms with Crippen LogP contribution in [0.1, 0.15) is 31.2 Å². The molecule has 1 heterocycles. The molecule has 1 fully saturated rings. The highest BCUT2D eigenvalue weighted by molar-refractivity contribution is 6.42. The molecule has 2 rings (SSSR count). The molecule has 1 aromatic rings. The summed E-state index contributed by atoms with van der Waals surface area (Å²) in [6.45, 7) is 3.97. The van der Waals surface area contributed by atoms with Gasteiger partial charge in [0.25, 0.3) is 0 Å². The van der Waals surface area contributed by atoms with Crippen LogP contribution in [0.2, 0.25) is 10.0 Å². The van der Waals surface area contributed by atoms with E-state index in [0.717, 1.165) is 31.5 Å². The zero-order valence-corrected chi connectivity index (χ0v) is 14.2. The van der Waals surface area contributed by atoms with Gasteiger partial charge in [-0.25, -0.2) is 0 Å². The molecule has 3 nitrogen and oxygen atoms in total.